The normalized spacial score (nSPS) is 12.5. The zero-order chi connectivity index (χ0) is 35.9. The van der Waals surface area contributed by atoms with E-state index < -0.39 is 14.4 Å². The second-order valence-corrected chi connectivity index (χ2v) is 17.9. The van der Waals surface area contributed by atoms with E-state index in [-0.39, 0.29) is 23.6 Å². The number of ether oxygens (including phenoxy) is 1. The average Bonchev–Trinajstić information content (AvgIpc) is 3.41. The molecule has 0 spiro atoms. The average molecular weight is 716 g/mol. The van der Waals surface area contributed by atoms with Gasteiger partial charge in [-0.05, 0) is 46.8 Å². The van der Waals surface area contributed by atoms with Gasteiger partial charge < -0.3 is 19.6 Å². The minimum atomic E-state index is -2.74. The summed E-state index contributed by atoms with van der Waals surface area (Å²) >= 11 is 6.05. The number of anilines is 2. The van der Waals surface area contributed by atoms with E-state index in [0.717, 1.165) is 18.4 Å². The van der Waals surface area contributed by atoms with Crippen molar-refractivity contribution in [1.29, 1.82) is 0 Å². The van der Waals surface area contributed by atoms with Crippen LogP contribution in [0.3, 0.4) is 0 Å². The Bertz CT molecular complexity index is 1860. The fraction of sp³-hybridized carbons (Fsp3) is 0.378. The number of aryl methyl sites for hydroxylation is 1. The molecule has 11 nitrogen and oxygen atoms in total. The number of benzene rings is 2. The van der Waals surface area contributed by atoms with Gasteiger partial charge in [0, 0.05) is 24.7 Å². The smallest absolute Gasteiger partial charge is 0.411 e. The van der Waals surface area contributed by atoms with E-state index in [1.807, 2.05) is 25.1 Å². The number of amides is 1. The van der Waals surface area contributed by atoms with Crippen LogP contribution in [-0.2, 0) is 16.9 Å². The lowest BCUT2D eigenvalue weighted by Gasteiger charge is -2.43. The van der Waals surface area contributed by atoms with E-state index in [9.17, 15) is 9.90 Å². The second-order valence-electron chi connectivity index (χ2n) is 13.3. The van der Waals surface area contributed by atoms with Crippen molar-refractivity contribution in [3.8, 4) is 5.75 Å². The van der Waals surface area contributed by atoms with Crippen molar-refractivity contribution < 1.29 is 19.1 Å². The first-order chi connectivity index (χ1) is 24.0. The van der Waals surface area contributed by atoms with Gasteiger partial charge >= 0.3 is 6.09 Å². The molecule has 3 heterocycles. The van der Waals surface area contributed by atoms with Crippen molar-refractivity contribution in [1.82, 2.24) is 24.7 Å². The predicted molar refractivity (Wildman–Crippen MR) is 202 cm³/mol. The molecule has 5 aromatic rings. The van der Waals surface area contributed by atoms with Gasteiger partial charge in [-0.2, -0.15) is 10.1 Å². The molecule has 2 aromatic carbocycles. The maximum absolute atomic E-state index is 11.7. The number of aromatic nitrogens is 5. The second kappa shape index (κ2) is 16.0. The van der Waals surface area contributed by atoms with Gasteiger partial charge in [-0.1, -0.05) is 94.8 Å². The summed E-state index contributed by atoms with van der Waals surface area (Å²) in [7, 11) is -1.14. The van der Waals surface area contributed by atoms with Gasteiger partial charge in [0.2, 0.25) is 5.95 Å². The highest BCUT2D eigenvalue weighted by Gasteiger charge is 2.50. The van der Waals surface area contributed by atoms with Gasteiger partial charge in [-0.25, -0.2) is 9.78 Å². The summed E-state index contributed by atoms with van der Waals surface area (Å²) in [6.07, 6.45) is 2.90. The van der Waals surface area contributed by atoms with E-state index in [1.54, 1.807) is 18.0 Å². The van der Waals surface area contributed by atoms with Crippen LogP contribution in [0.25, 0.3) is 11.0 Å². The Balaban J connectivity index is 1.51. The standard InChI is InChI=1S/C37H46ClN7O4Si/c1-7-14-27(19-20-49-50(37(3,4)5,28-15-10-8-11-16-28)29-17-12-9-13-18-29)40-34-33-32(41-35(42-34)43-36(46)47)25(2)44-45(33)24-30-31(48-6)21-26(22-38)23-39-30/h8-13,15-18,21,23,27H,7,14,19-20,22,24H2,1-6H3,(H,46,47)(H2,40,41,42,43). The molecule has 0 aliphatic heterocycles. The topological polar surface area (TPSA) is 136 Å². The van der Waals surface area contributed by atoms with Crippen molar-refractivity contribution in [3.63, 3.8) is 0 Å². The van der Waals surface area contributed by atoms with Crippen molar-refractivity contribution in [2.24, 2.45) is 0 Å². The maximum atomic E-state index is 11.7. The zero-order valence-corrected chi connectivity index (χ0v) is 31.3. The summed E-state index contributed by atoms with van der Waals surface area (Å²) in [5, 5.41) is 22.6. The summed E-state index contributed by atoms with van der Waals surface area (Å²) in [5.41, 5.74) is 3.29. The fourth-order valence-corrected chi connectivity index (χ4v) is 11.3. The van der Waals surface area contributed by atoms with Crippen LogP contribution < -0.4 is 25.7 Å². The number of nitrogens with zero attached hydrogens (tertiary/aromatic N) is 5. The molecule has 1 atom stereocenters. The van der Waals surface area contributed by atoms with Gasteiger partial charge in [-0.15, -0.1) is 11.6 Å². The Kier molecular flexibility index (Phi) is 11.8. The van der Waals surface area contributed by atoms with Gasteiger partial charge in [0.05, 0.1) is 19.3 Å². The van der Waals surface area contributed by atoms with Crippen LogP contribution in [-0.4, -0.2) is 64.0 Å². The van der Waals surface area contributed by atoms with Crippen LogP contribution in [0.2, 0.25) is 5.04 Å². The molecule has 0 fully saturated rings. The number of halogens is 1. The lowest BCUT2D eigenvalue weighted by Crippen LogP contribution is -2.66. The number of fused-ring (bicyclic) bond motifs is 1. The SMILES string of the molecule is CCCC(CCO[Si](c1ccccc1)(c1ccccc1)C(C)(C)C)Nc1nc(NC(=O)O)nc2c(C)nn(Cc3ncc(CCl)cc3OC)c12. The molecule has 1 unspecified atom stereocenters. The summed E-state index contributed by atoms with van der Waals surface area (Å²) in [6.45, 7) is 11.6. The molecule has 3 N–H and O–H groups in total. The molecule has 0 aliphatic rings. The number of carbonyl (C=O) groups is 1. The quantitative estimate of drug-likeness (QED) is 0.0776. The number of hydrogen-bond donors (Lipinski definition) is 3. The van der Waals surface area contributed by atoms with E-state index in [2.05, 4.69) is 102 Å². The Hall–Kier alpha value is -4.52. The molecule has 5 rings (SSSR count). The number of alkyl halides is 1. The van der Waals surface area contributed by atoms with Crippen LogP contribution >= 0.6 is 11.6 Å². The molecule has 0 saturated heterocycles. The van der Waals surface area contributed by atoms with E-state index in [0.29, 0.717) is 52.9 Å². The number of hydrogen-bond acceptors (Lipinski definition) is 8. The number of carboxylic acid groups (broad SMARTS) is 1. The third-order valence-electron chi connectivity index (χ3n) is 8.81. The van der Waals surface area contributed by atoms with Crippen LogP contribution in [0.15, 0.2) is 72.9 Å². The fourth-order valence-electron chi connectivity index (χ4n) is 6.57. The maximum Gasteiger partial charge on any atom is 0.411 e. The molecule has 264 valence electrons. The van der Waals surface area contributed by atoms with Crippen LogP contribution in [0, 0.1) is 6.92 Å². The van der Waals surface area contributed by atoms with Gasteiger partial charge in [-0.3, -0.25) is 15.0 Å². The summed E-state index contributed by atoms with van der Waals surface area (Å²) in [4.78, 5) is 25.5. The Labute approximate surface area is 299 Å². The summed E-state index contributed by atoms with van der Waals surface area (Å²) < 4.78 is 14.6. The monoisotopic (exact) mass is 715 g/mol. The molecule has 3 aromatic heterocycles. The van der Waals surface area contributed by atoms with E-state index >= 15 is 0 Å². The zero-order valence-electron chi connectivity index (χ0n) is 29.5. The molecule has 1 amide bonds. The van der Waals surface area contributed by atoms with Crippen LogP contribution in [0.4, 0.5) is 16.6 Å². The summed E-state index contributed by atoms with van der Waals surface area (Å²) in [6, 6.07) is 23.0. The largest absolute Gasteiger partial charge is 0.495 e. The van der Waals surface area contributed by atoms with E-state index in [4.69, 9.17) is 25.9 Å². The summed E-state index contributed by atoms with van der Waals surface area (Å²) in [5.74, 6) is 1.34. The Morgan fingerprint density at radius 1 is 1.04 bits per heavy atom. The van der Waals surface area contributed by atoms with Gasteiger partial charge in [0.15, 0.2) is 5.82 Å². The van der Waals surface area contributed by atoms with Crippen molar-refractivity contribution in [2.75, 3.05) is 24.4 Å². The number of pyridine rings is 1. The van der Waals surface area contributed by atoms with Crippen molar-refractivity contribution >= 4 is 59.2 Å². The highest BCUT2D eigenvalue weighted by molar-refractivity contribution is 6.99. The first-order valence-electron chi connectivity index (χ1n) is 16.8. The Morgan fingerprint density at radius 2 is 1.70 bits per heavy atom. The molecule has 0 aliphatic carbocycles. The highest BCUT2D eigenvalue weighted by Crippen LogP contribution is 2.37. The van der Waals surface area contributed by atoms with Crippen LogP contribution in [0.1, 0.15) is 63.9 Å². The molecular formula is C37H46ClN7O4Si. The number of methoxy groups -OCH3 is 1. The van der Waals surface area contributed by atoms with Gasteiger partial charge in [0.25, 0.3) is 8.32 Å². The van der Waals surface area contributed by atoms with E-state index in [1.165, 1.54) is 10.4 Å². The molecule has 0 bridgehead atoms. The lowest BCUT2D eigenvalue weighted by molar-refractivity contribution is 0.209. The molecule has 0 saturated carbocycles. The lowest BCUT2D eigenvalue weighted by atomic mass is 10.1. The molecule has 50 heavy (non-hydrogen) atoms. The van der Waals surface area contributed by atoms with Gasteiger partial charge in [0.1, 0.15) is 22.5 Å². The Morgan fingerprint density at radius 3 is 2.26 bits per heavy atom. The van der Waals surface area contributed by atoms with Crippen LogP contribution in [0.5, 0.6) is 5.75 Å². The number of rotatable bonds is 15. The number of nitrogens with one attached hydrogen (secondary N) is 2. The first kappa shape index (κ1) is 36.7. The predicted octanol–water partition coefficient (Wildman–Crippen LogP) is 6.96. The third kappa shape index (κ3) is 7.93. The highest BCUT2D eigenvalue weighted by atomic mass is 35.5. The molecule has 0 radical (unpaired) electrons. The first-order valence-corrected chi connectivity index (χ1v) is 19.3. The van der Waals surface area contributed by atoms with Crippen molar-refractivity contribution in [3.05, 3.63) is 89.9 Å². The molecular weight excluding hydrogens is 670 g/mol. The minimum absolute atomic E-state index is 0.0314. The van der Waals surface area contributed by atoms with Crippen molar-refractivity contribution in [2.45, 2.75) is 77.4 Å². The minimum Gasteiger partial charge on any atom is -0.495 e. The molecule has 13 heteroatoms. The third-order valence-corrected chi connectivity index (χ3v) is 14.2.